The first kappa shape index (κ1) is 10.8. The van der Waals surface area contributed by atoms with Crippen molar-refractivity contribution in [2.75, 3.05) is 7.05 Å². The number of fused-ring (bicyclic) bond motifs is 1. The molecule has 84 valence electrons. The van der Waals surface area contributed by atoms with E-state index in [1.54, 1.807) is 29.2 Å². The molecular weight excluding hydrogens is 224 g/mol. The van der Waals surface area contributed by atoms with Crippen LogP contribution in [0.4, 0.5) is 0 Å². The van der Waals surface area contributed by atoms with Gasteiger partial charge in [0, 0.05) is 19.7 Å². The lowest BCUT2D eigenvalue weighted by molar-refractivity contribution is 0.111. The molecule has 0 amide bonds. The molecule has 2 aromatic rings. The van der Waals surface area contributed by atoms with Gasteiger partial charge in [0.1, 0.15) is 0 Å². The molecule has 5 nitrogen and oxygen atoms in total. The first-order valence-electron chi connectivity index (χ1n) is 4.79. The molecule has 0 aliphatic carbocycles. The van der Waals surface area contributed by atoms with Crippen molar-refractivity contribution in [1.82, 2.24) is 15.0 Å². The van der Waals surface area contributed by atoms with Gasteiger partial charge in [0.05, 0.1) is 21.6 Å². The molecule has 0 atom stereocenters. The number of carbonyl (C=O) groups excluding carboxylic acids is 1. The van der Waals surface area contributed by atoms with Gasteiger partial charge in [-0.2, -0.15) is 5.10 Å². The van der Waals surface area contributed by atoms with Crippen LogP contribution in [0.1, 0.15) is 21.1 Å². The smallest absolute Gasteiger partial charge is 0.167 e. The van der Waals surface area contributed by atoms with E-state index in [1.165, 1.54) is 0 Å². The second-order valence-electron chi connectivity index (χ2n) is 3.34. The van der Waals surface area contributed by atoms with E-state index in [2.05, 4.69) is 15.5 Å². The van der Waals surface area contributed by atoms with Gasteiger partial charge in [-0.05, 0) is 6.92 Å². The molecule has 0 spiro atoms. The van der Waals surface area contributed by atoms with Crippen molar-refractivity contribution >= 4 is 34.2 Å². The Hall–Kier alpha value is -1.69. The van der Waals surface area contributed by atoms with E-state index in [4.69, 9.17) is 0 Å². The lowest BCUT2D eigenvalue weighted by Gasteiger charge is -1.95. The normalized spacial score (nSPS) is 11.4. The van der Waals surface area contributed by atoms with E-state index >= 15 is 0 Å². The van der Waals surface area contributed by atoms with E-state index in [0.717, 1.165) is 27.2 Å². The standard InChI is InChI=1S/C10H12N4OS/c1-6-13-10-9(16-6)7(4-12-11-2)8(5-15)14(10)3/h4-5,11H,1-3H3/b12-4-. The number of thiazole rings is 1. The molecular formula is C10H12N4OS. The molecule has 16 heavy (non-hydrogen) atoms. The van der Waals surface area contributed by atoms with Gasteiger partial charge in [0.2, 0.25) is 0 Å². The van der Waals surface area contributed by atoms with Crippen LogP contribution in [-0.4, -0.2) is 29.1 Å². The van der Waals surface area contributed by atoms with Gasteiger partial charge < -0.3 is 9.99 Å². The molecule has 2 aromatic heterocycles. The zero-order chi connectivity index (χ0) is 11.7. The number of hydrazone groups is 1. The van der Waals surface area contributed by atoms with Gasteiger partial charge in [-0.25, -0.2) is 4.98 Å². The number of aromatic nitrogens is 2. The van der Waals surface area contributed by atoms with Crippen LogP contribution in [0.25, 0.3) is 10.3 Å². The van der Waals surface area contributed by atoms with Gasteiger partial charge in [-0.3, -0.25) is 4.79 Å². The second kappa shape index (κ2) is 4.05. The Bertz CT molecular complexity index is 567. The molecule has 0 aromatic carbocycles. The fraction of sp³-hybridized carbons (Fsp3) is 0.300. The average molecular weight is 236 g/mol. The van der Waals surface area contributed by atoms with Crippen LogP contribution >= 0.6 is 11.3 Å². The second-order valence-corrected chi connectivity index (χ2v) is 4.55. The molecule has 0 aliphatic heterocycles. The fourth-order valence-electron chi connectivity index (χ4n) is 1.63. The zero-order valence-corrected chi connectivity index (χ0v) is 10.1. The summed E-state index contributed by atoms with van der Waals surface area (Å²) in [4.78, 5) is 15.4. The highest BCUT2D eigenvalue weighted by atomic mass is 32.1. The molecule has 2 heterocycles. The largest absolute Gasteiger partial charge is 0.325 e. The molecule has 6 heteroatoms. The lowest BCUT2D eigenvalue weighted by Crippen LogP contribution is -2.00. The summed E-state index contributed by atoms with van der Waals surface area (Å²) in [6, 6.07) is 0. The predicted octanol–water partition coefficient (Wildman–Crippen LogP) is 1.31. The maximum absolute atomic E-state index is 11.0. The maximum Gasteiger partial charge on any atom is 0.167 e. The summed E-state index contributed by atoms with van der Waals surface area (Å²) in [6.07, 6.45) is 2.49. The Morgan fingerprint density at radius 2 is 2.31 bits per heavy atom. The quantitative estimate of drug-likeness (QED) is 0.496. The van der Waals surface area contributed by atoms with Crippen molar-refractivity contribution in [3.8, 4) is 0 Å². The number of nitrogens with one attached hydrogen (secondary N) is 1. The topological polar surface area (TPSA) is 59.3 Å². The lowest BCUT2D eigenvalue weighted by atomic mass is 10.3. The number of rotatable bonds is 3. The van der Waals surface area contributed by atoms with Crippen LogP contribution in [0, 0.1) is 6.92 Å². The zero-order valence-electron chi connectivity index (χ0n) is 9.31. The Morgan fingerprint density at radius 3 is 2.94 bits per heavy atom. The molecule has 0 fully saturated rings. The number of hydrogen-bond acceptors (Lipinski definition) is 5. The minimum Gasteiger partial charge on any atom is -0.325 e. The van der Waals surface area contributed by atoms with E-state index in [0.29, 0.717) is 5.69 Å². The van der Waals surface area contributed by atoms with E-state index < -0.39 is 0 Å². The van der Waals surface area contributed by atoms with E-state index in [9.17, 15) is 4.79 Å². The van der Waals surface area contributed by atoms with Gasteiger partial charge in [0.25, 0.3) is 0 Å². The van der Waals surface area contributed by atoms with Gasteiger partial charge in [-0.15, -0.1) is 11.3 Å². The summed E-state index contributed by atoms with van der Waals surface area (Å²) in [5.41, 5.74) is 4.94. The third kappa shape index (κ3) is 1.51. The van der Waals surface area contributed by atoms with Crippen LogP contribution in [0.15, 0.2) is 5.10 Å². The first-order chi connectivity index (χ1) is 7.69. The molecule has 0 saturated carbocycles. The van der Waals surface area contributed by atoms with Crippen molar-refractivity contribution in [3.63, 3.8) is 0 Å². The monoisotopic (exact) mass is 236 g/mol. The summed E-state index contributed by atoms with van der Waals surface area (Å²) in [6.45, 7) is 1.95. The molecule has 0 radical (unpaired) electrons. The molecule has 0 bridgehead atoms. The maximum atomic E-state index is 11.0. The minimum absolute atomic E-state index is 0.604. The van der Waals surface area contributed by atoms with Crippen molar-refractivity contribution in [2.45, 2.75) is 6.92 Å². The third-order valence-corrected chi connectivity index (χ3v) is 3.34. The van der Waals surface area contributed by atoms with Gasteiger partial charge >= 0.3 is 0 Å². The van der Waals surface area contributed by atoms with Crippen molar-refractivity contribution < 1.29 is 4.79 Å². The molecule has 0 unspecified atom stereocenters. The Balaban J connectivity index is 2.75. The van der Waals surface area contributed by atoms with Crippen molar-refractivity contribution in [1.29, 1.82) is 0 Å². The minimum atomic E-state index is 0.604. The molecule has 0 saturated heterocycles. The Labute approximate surface area is 96.8 Å². The third-order valence-electron chi connectivity index (χ3n) is 2.35. The van der Waals surface area contributed by atoms with Crippen LogP contribution in [0.5, 0.6) is 0 Å². The average Bonchev–Trinajstić information content (AvgIpc) is 2.74. The highest BCUT2D eigenvalue weighted by molar-refractivity contribution is 7.18. The van der Waals surface area contributed by atoms with Crippen molar-refractivity contribution in [3.05, 3.63) is 16.3 Å². The summed E-state index contributed by atoms with van der Waals surface area (Å²) >= 11 is 1.57. The molecule has 1 N–H and O–H groups in total. The highest BCUT2D eigenvalue weighted by Crippen LogP contribution is 2.28. The molecule has 2 rings (SSSR count). The number of carbonyl (C=O) groups is 1. The number of nitrogens with zero attached hydrogens (tertiary/aromatic N) is 3. The molecule has 0 aliphatic rings. The van der Waals surface area contributed by atoms with Gasteiger partial charge in [-0.1, -0.05) is 0 Å². The van der Waals surface area contributed by atoms with E-state index in [-0.39, 0.29) is 0 Å². The number of hydrogen-bond donors (Lipinski definition) is 1. The highest BCUT2D eigenvalue weighted by Gasteiger charge is 2.16. The van der Waals surface area contributed by atoms with E-state index in [1.807, 2.05) is 14.0 Å². The summed E-state index contributed by atoms with van der Waals surface area (Å²) in [5.74, 6) is 0. The summed E-state index contributed by atoms with van der Waals surface area (Å²) < 4.78 is 2.80. The Kier molecular flexibility index (Phi) is 2.74. The van der Waals surface area contributed by atoms with Crippen molar-refractivity contribution in [2.24, 2.45) is 12.1 Å². The fourth-order valence-corrected chi connectivity index (χ4v) is 2.59. The predicted molar refractivity (Wildman–Crippen MR) is 65.4 cm³/mol. The first-order valence-corrected chi connectivity index (χ1v) is 5.61. The number of aryl methyl sites for hydroxylation is 2. The van der Waals surface area contributed by atoms with Gasteiger partial charge in [0.15, 0.2) is 11.9 Å². The Morgan fingerprint density at radius 1 is 1.56 bits per heavy atom. The van der Waals surface area contributed by atoms with Crippen LogP contribution in [-0.2, 0) is 7.05 Å². The summed E-state index contributed by atoms with van der Waals surface area (Å²) in [7, 11) is 3.55. The van der Waals surface area contributed by atoms with Crippen LogP contribution in [0.3, 0.4) is 0 Å². The SMILES string of the molecule is CN/N=C\c1c(C=O)n(C)c2nc(C)sc12. The summed E-state index contributed by atoms with van der Waals surface area (Å²) in [5, 5.41) is 4.94. The van der Waals surface area contributed by atoms with Crippen LogP contribution < -0.4 is 5.43 Å². The van der Waals surface area contributed by atoms with Crippen LogP contribution in [0.2, 0.25) is 0 Å². The number of aldehydes is 1.